The molecule has 11 nitrogen and oxygen atoms in total. The van der Waals surface area contributed by atoms with Gasteiger partial charge >= 0.3 is 6.09 Å². The number of anilines is 3. The van der Waals surface area contributed by atoms with Crippen molar-refractivity contribution in [2.75, 3.05) is 43.2 Å². The van der Waals surface area contributed by atoms with Gasteiger partial charge in [-0.25, -0.2) is 9.78 Å². The zero-order valence-electron chi connectivity index (χ0n) is 17.6. The van der Waals surface area contributed by atoms with Gasteiger partial charge in [0.1, 0.15) is 11.6 Å². The lowest BCUT2D eigenvalue weighted by atomic mass is 9.96. The van der Waals surface area contributed by atoms with Crippen LogP contribution in [0, 0.1) is 5.92 Å². The van der Waals surface area contributed by atoms with Crippen molar-refractivity contribution in [3.8, 4) is 17.0 Å². The third kappa shape index (κ3) is 4.11. The fourth-order valence-corrected chi connectivity index (χ4v) is 4.13. The summed E-state index contributed by atoms with van der Waals surface area (Å²) in [4.78, 5) is 22.4. The number of fused-ring (bicyclic) bond motifs is 1. The Morgan fingerprint density at radius 2 is 2.13 bits per heavy atom. The SMILES string of the molecule is CNc1nc(-c2cc(OC)c3c(N)n[nH]c3c2)cc(N2C[C@H](C)C[C@@H](NC(=O)O)C2)n1. The number of nitrogens with two attached hydrogens (primary N) is 1. The lowest BCUT2D eigenvalue weighted by Gasteiger charge is -2.37. The van der Waals surface area contributed by atoms with E-state index in [-0.39, 0.29) is 6.04 Å². The number of aromatic nitrogens is 4. The molecular weight excluding hydrogens is 400 g/mol. The summed E-state index contributed by atoms with van der Waals surface area (Å²) in [6.07, 6.45) is -0.230. The van der Waals surface area contributed by atoms with Gasteiger partial charge in [-0.15, -0.1) is 0 Å². The predicted molar refractivity (Wildman–Crippen MR) is 119 cm³/mol. The molecule has 1 aliphatic heterocycles. The average molecular weight is 426 g/mol. The number of ether oxygens (including phenoxy) is 1. The second kappa shape index (κ2) is 8.17. The van der Waals surface area contributed by atoms with Gasteiger partial charge in [0.15, 0.2) is 5.82 Å². The Balaban J connectivity index is 1.75. The van der Waals surface area contributed by atoms with Crippen molar-refractivity contribution in [2.24, 2.45) is 5.92 Å². The second-order valence-electron chi connectivity index (χ2n) is 7.79. The van der Waals surface area contributed by atoms with Crippen molar-refractivity contribution >= 4 is 34.6 Å². The summed E-state index contributed by atoms with van der Waals surface area (Å²) < 4.78 is 5.52. The van der Waals surface area contributed by atoms with Crippen molar-refractivity contribution in [1.29, 1.82) is 0 Å². The van der Waals surface area contributed by atoms with Crippen LogP contribution in [0.2, 0.25) is 0 Å². The molecule has 0 aliphatic carbocycles. The van der Waals surface area contributed by atoms with Gasteiger partial charge in [0.05, 0.1) is 29.7 Å². The Morgan fingerprint density at radius 1 is 1.32 bits per heavy atom. The average Bonchev–Trinajstić information content (AvgIpc) is 3.12. The number of amides is 1. The normalized spacial score (nSPS) is 18.7. The minimum Gasteiger partial charge on any atom is -0.496 e. The minimum atomic E-state index is -1.02. The summed E-state index contributed by atoms with van der Waals surface area (Å²) in [5.41, 5.74) is 8.22. The topological polar surface area (TPSA) is 154 Å². The lowest BCUT2D eigenvalue weighted by Crippen LogP contribution is -2.50. The van der Waals surface area contributed by atoms with Crippen molar-refractivity contribution in [2.45, 2.75) is 19.4 Å². The number of aromatic amines is 1. The number of H-pyrrole nitrogens is 1. The fourth-order valence-electron chi connectivity index (χ4n) is 4.13. The molecule has 164 valence electrons. The number of rotatable bonds is 5. The molecule has 0 radical (unpaired) electrons. The maximum Gasteiger partial charge on any atom is 0.404 e. The van der Waals surface area contributed by atoms with Crippen LogP contribution in [0.5, 0.6) is 5.75 Å². The van der Waals surface area contributed by atoms with Gasteiger partial charge in [-0.05, 0) is 24.5 Å². The molecular formula is C20H26N8O3. The highest BCUT2D eigenvalue weighted by Crippen LogP contribution is 2.35. The van der Waals surface area contributed by atoms with Gasteiger partial charge in [-0.3, -0.25) is 5.10 Å². The number of benzene rings is 1. The zero-order valence-corrected chi connectivity index (χ0v) is 17.6. The quantitative estimate of drug-likeness (QED) is 0.413. The molecule has 1 aliphatic rings. The smallest absolute Gasteiger partial charge is 0.404 e. The maximum absolute atomic E-state index is 11.1. The molecule has 2 atom stereocenters. The van der Waals surface area contributed by atoms with Gasteiger partial charge in [0.25, 0.3) is 0 Å². The molecule has 2 aromatic heterocycles. The molecule has 1 amide bonds. The zero-order chi connectivity index (χ0) is 22.1. The van der Waals surface area contributed by atoms with E-state index in [0.717, 1.165) is 35.2 Å². The molecule has 4 rings (SSSR count). The summed E-state index contributed by atoms with van der Waals surface area (Å²) in [5.74, 6) is 2.48. The van der Waals surface area contributed by atoms with E-state index in [9.17, 15) is 4.79 Å². The van der Waals surface area contributed by atoms with Crippen LogP contribution in [0.1, 0.15) is 13.3 Å². The van der Waals surface area contributed by atoms with Gasteiger partial charge in [-0.2, -0.15) is 10.1 Å². The molecule has 3 heterocycles. The Morgan fingerprint density at radius 3 is 2.84 bits per heavy atom. The van der Waals surface area contributed by atoms with Gasteiger partial charge in [-0.1, -0.05) is 6.92 Å². The van der Waals surface area contributed by atoms with E-state index in [1.807, 2.05) is 18.2 Å². The fraction of sp³-hybridized carbons (Fsp3) is 0.400. The van der Waals surface area contributed by atoms with Crippen molar-refractivity contribution in [3.63, 3.8) is 0 Å². The number of methoxy groups -OCH3 is 1. The lowest BCUT2D eigenvalue weighted by molar-refractivity contribution is 0.186. The number of carboxylic acid groups (broad SMARTS) is 1. The highest BCUT2D eigenvalue weighted by molar-refractivity contribution is 5.97. The predicted octanol–water partition coefficient (Wildman–Crippen LogP) is 2.13. The minimum absolute atomic E-state index is 0.165. The van der Waals surface area contributed by atoms with Crippen LogP contribution in [-0.2, 0) is 0 Å². The largest absolute Gasteiger partial charge is 0.496 e. The number of nitrogens with one attached hydrogen (secondary N) is 3. The van der Waals surface area contributed by atoms with Gasteiger partial charge < -0.3 is 31.1 Å². The Kier molecular flexibility index (Phi) is 5.40. The monoisotopic (exact) mass is 426 g/mol. The van der Waals surface area contributed by atoms with Gasteiger partial charge in [0.2, 0.25) is 5.95 Å². The Bertz CT molecular complexity index is 1120. The number of nitrogen functional groups attached to an aromatic ring is 1. The van der Waals surface area contributed by atoms with Crippen LogP contribution in [0.15, 0.2) is 18.2 Å². The first-order valence-corrected chi connectivity index (χ1v) is 10.0. The van der Waals surface area contributed by atoms with Crippen LogP contribution in [0.4, 0.5) is 22.4 Å². The second-order valence-corrected chi connectivity index (χ2v) is 7.79. The van der Waals surface area contributed by atoms with E-state index in [4.69, 9.17) is 15.6 Å². The summed E-state index contributed by atoms with van der Waals surface area (Å²) in [5, 5.41) is 22.5. The molecule has 3 aromatic rings. The molecule has 1 aromatic carbocycles. The highest BCUT2D eigenvalue weighted by atomic mass is 16.5. The number of hydrogen-bond acceptors (Lipinski definition) is 8. The highest BCUT2D eigenvalue weighted by Gasteiger charge is 2.27. The van der Waals surface area contributed by atoms with E-state index in [2.05, 4.69) is 42.6 Å². The van der Waals surface area contributed by atoms with Crippen molar-refractivity contribution in [3.05, 3.63) is 18.2 Å². The van der Waals surface area contributed by atoms with Crippen LogP contribution in [-0.4, -0.2) is 64.7 Å². The molecule has 11 heteroatoms. The molecule has 6 N–H and O–H groups in total. The molecule has 1 fully saturated rings. The summed E-state index contributed by atoms with van der Waals surface area (Å²) in [6.45, 7) is 3.41. The first kappa shape index (κ1) is 20.5. The van der Waals surface area contributed by atoms with E-state index in [0.29, 0.717) is 35.7 Å². The first-order chi connectivity index (χ1) is 14.9. The van der Waals surface area contributed by atoms with Crippen LogP contribution in [0.3, 0.4) is 0 Å². The van der Waals surface area contributed by atoms with E-state index >= 15 is 0 Å². The molecule has 0 spiro atoms. The van der Waals surface area contributed by atoms with Crippen LogP contribution in [0.25, 0.3) is 22.2 Å². The molecule has 0 unspecified atom stereocenters. The summed E-state index contributed by atoms with van der Waals surface area (Å²) in [7, 11) is 3.34. The molecule has 31 heavy (non-hydrogen) atoms. The number of piperidine rings is 1. The third-order valence-electron chi connectivity index (χ3n) is 5.42. The van der Waals surface area contributed by atoms with Crippen LogP contribution >= 0.6 is 0 Å². The van der Waals surface area contributed by atoms with Crippen LogP contribution < -0.4 is 26.0 Å². The summed E-state index contributed by atoms with van der Waals surface area (Å²) >= 11 is 0. The van der Waals surface area contributed by atoms with Crippen molar-refractivity contribution < 1.29 is 14.6 Å². The molecule has 0 bridgehead atoms. The van der Waals surface area contributed by atoms with E-state index < -0.39 is 6.09 Å². The third-order valence-corrected chi connectivity index (χ3v) is 5.42. The molecule has 1 saturated heterocycles. The van der Waals surface area contributed by atoms with E-state index in [1.165, 1.54) is 0 Å². The molecule has 0 saturated carbocycles. The Labute approximate surface area is 179 Å². The van der Waals surface area contributed by atoms with Crippen molar-refractivity contribution in [1.82, 2.24) is 25.5 Å². The maximum atomic E-state index is 11.1. The van der Waals surface area contributed by atoms with Gasteiger partial charge in [0, 0.05) is 31.8 Å². The van der Waals surface area contributed by atoms with E-state index in [1.54, 1.807) is 14.2 Å². The summed E-state index contributed by atoms with van der Waals surface area (Å²) in [6, 6.07) is 5.52. The number of hydrogen-bond donors (Lipinski definition) is 5. The standard InChI is InChI=1S/C20H26N8O3/c1-10-4-12(23-20(29)30)9-28(8-10)16-7-13(24-19(22-2)25-16)11-5-14-17(15(6-11)31-3)18(21)27-26-14/h5-7,10,12,23H,4,8-9H2,1-3H3,(H,29,30)(H3,21,26,27)(H,22,24,25)/t10-,12-/m1/s1. The number of nitrogens with zero attached hydrogens (tertiary/aromatic N) is 4. The number of carbonyl (C=O) groups is 1. The first-order valence-electron chi connectivity index (χ1n) is 10.0. The Hall–Kier alpha value is -3.76.